The summed E-state index contributed by atoms with van der Waals surface area (Å²) in [5.74, 6) is -0.451. The van der Waals surface area contributed by atoms with Crippen LogP contribution in [0.4, 0.5) is 18.9 Å². The number of hydrogen-bond acceptors (Lipinski definition) is 6. The number of nitrogens with two attached hydrogens (primary N) is 1. The lowest BCUT2D eigenvalue weighted by atomic mass is 10.1. The molecule has 1 amide bonds. The monoisotopic (exact) mass is 445 g/mol. The van der Waals surface area contributed by atoms with Gasteiger partial charge >= 0.3 is 5.51 Å². The smallest absolute Gasteiger partial charge is 0.397 e. The summed E-state index contributed by atoms with van der Waals surface area (Å²) in [6.07, 6.45) is 1.53. The number of halogens is 3. The number of sulfone groups is 1. The summed E-state index contributed by atoms with van der Waals surface area (Å²) in [5.41, 5.74) is 2.90. The van der Waals surface area contributed by atoms with Crippen LogP contribution < -0.4 is 11.1 Å². The number of rotatable bonds is 6. The predicted molar refractivity (Wildman–Crippen MR) is 108 cm³/mol. The van der Waals surface area contributed by atoms with Crippen LogP contribution in [0.25, 0.3) is 5.57 Å². The maximum atomic E-state index is 12.6. The fourth-order valence-electron chi connectivity index (χ4n) is 2.61. The topological polar surface area (TPSA) is 102 Å². The van der Waals surface area contributed by atoms with Crippen LogP contribution in [0.15, 0.2) is 40.4 Å². The first-order chi connectivity index (χ1) is 13.4. The summed E-state index contributed by atoms with van der Waals surface area (Å²) >= 11 is 1.20. The van der Waals surface area contributed by atoms with Gasteiger partial charge in [0.2, 0.25) is 0 Å². The van der Waals surface area contributed by atoms with Crippen LogP contribution in [0, 0.1) is 6.92 Å². The van der Waals surface area contributed by atoms with Crippen molar-refractivity contribution in [2.24, 2.45) is 4.99 Å². The summed E-state index contributed by atoms with van der Waals surface area (Å²) in [6, 6.07) is 4.11. The van der Waals surface area contributed by atoms with Gasteiger partial charge in [-0.1, -0.05) is 12.1 Å². The van der Waals surface area contributed by atoms with E-state index in [4.69, 9.17) is 5.73 Å². The highest BCUT2D eigenvalue weighted by Gasteiger charge is 2.46. The molecule has 11 heteroatoms. The van der Waals surface area contributed by atoms with E-state index < -0.39 is 26.1 Å². The van der Waals surface area contributed by atoms with Gasteiger partial charge in [-0.25, -0.2) is 8.42 Å². The number of benzene rings is 1. The molecule has 1 aromatic heterocycles. The highest BCUT2D eigenvalue weighted by Crippen LogP contribution is 2.35. The number of amides is 1. The third kappa shape index (κ3) is 4.67. The number of aliphatic imine (C=N–C) groups is 1. The van der Waals surface area contributed by atoms with E-state index in [2.05, 4.69) is 17.0 Å². The van der Waals surface area contributed by atoms with Crippen molar-refractivity contribution in [3.8, 4) is 0 Å². The number of anilines is 1. The number of carbonyl (C=O) groups excluding carboxylic acids is 1. The standard InChI is InChI=1S/C18H18F3N3O3S2/c1-10(8-23-3)14-11(2)28-16(15(14)22)17(25)24-9-12-4-6-13(7-5-12)29(26,27)18(19,20)21/h4-8H,3,9,22H2,1-2H3,(H,24,25)/b10-8-. The minimum atomic E-state index is -5.41. The van der Waals surface area contributed by atoms with Crippen molar-refractivity contribution in [1.29, 1.82) is 0 Å². The number of hydrogen-bond donors (Lipinski definition) is 2. The van der Waals surface area contributed by atoms with Crippen molar-refractivity contribution >= 4 is 45.1 Å². The first-order valence-corrected chi connectivity index (χ1v) is 10.4. The van der Waals surface area contributed by atoms with Crippen LogP contribution >= 0.6 is 11.3 Å². The molecule has 0 radical (unpaired) electrons. The quantitative estimate of drug-likeness (QED) is 0.658. The molecule has 156 valence electrons. The fourth-order valence-corrected chi connectivity index (χ4v) is 4.42. The molecule has 29 heavy (non-hydrogen) atoms. The molecule has 2 aromatic rings. The van der Waals surface area contributed by atoms with Gasteiger partial charge in [0, 0.05) is 23.2 Å². The fraction of sp³-hybridized carbons (Fsp3) is 0.222. The Bertz CT molecular complexity index is 1070. The lowest BCUT2D eigenvalue weighted by Gasteiger charge is -2.09. The second-order valence-corrected chi connectivity index (χ2v) is 9.21. The number of allylic oxidation sites excluding steroid dienone is 1. The molecule has 0 unspecified atom stereocenters. The van der Waals surface area contributed by atoms with Crippen LogP contribution in [0.3, 0.4) is 0 Å². The first-order valence-electron chi connectivity index (χ1n) is 8.10. The van der Waals surface area contributed by atoms with Gasteiger partial charge in [-0.15, -0.1) is 11.3 Å². The summed E-state index contributed by atoms with van der Waals surface area (Å²) in [7, 11) is -5.41. The molecule has 0 atom stereocenters. The molecule has 0 saturated carbocycles. The van der Waals surface area contributed by atoms with E-state index in [0.717, 1.165) is 22.6 Å². The Hall–Kier alpha value is -2.66. The molecule has 0 aliphatic rings. The van der Waals surface area contributed by atoms with Crippen LogP contribution in [0.2, 0.25) is 0 Å². The normalized spacial score (nSPS) is 12.7. The maximum absolute atomic E-state index is 12.6. The Morgan fingerprint density at radius 1 is 1.31 bits per heavy atom. The predicted octanol–water partition coefficient (Wildman–Crippen LogP) is 3.92. The molecule has 0 spiro atoms. The Morgan fingerprint density at radius 2 is 1.90 bits per heavy atom. The molecule has 1 heterocycles. The second kappa shape index (κ2) is 8.37. The van der Waals surface area contributed by atoms with Gasteiger partial charge in [-0.05, 0) is 43.8 Å². The van der Waals surface area contributed by atoms with Gasteiger partial charge in [0.25, 0.3) is 15.7 Å². The van der Waals surface area contributed by atoms with Crippen molar-refractivity contribution in [2.75, 3.05) is 5.73 Å². The molecular weight excluding hydrogens is 427 g/mol. The number of alkyl halides is 3. The molecule has 3 N–H and O–H groups in total. The Kier molecular flexibility index (Phi) is 6.53. The van der Waals surface area contributed by atoms with E-state index >= 15 is 0 Å². The summed E-state index contributed by atoms with van der Waals surface area (Å²) in [6.45, 7) is 6.97. The average Bonchev–Trinajstić information content (AvgIpc) is 2.93. The molecule has 0 bridgehead atoms. The minimum absolute atomic E-state index is 0.0140. The van der Waals surface area contributed by atoms with Crippen LogP contribution in [0.1, 0.15) is 32.6 Å². The number of nitrogens with zero attached hydrogens (tertiary/aromatic N) is 1. The maximum Gasteiger partial charge on any atom is 0.501 e. The lowest BCUT2D eigenvalue weighted by Crippen LogP contribution is -2.24. The SMILES string of the molecule is C=N/C=C(/C)c1c(C)sc(C(=O)NCc2ccc(S(=O)(=O)C(F)(F)F)cc2)c1N. The van der Waals surface area contributed by atoms with Crippen molar-refractivity contribution < 1.29 is 26.4 Å². The van der Waals surface area contributed by atoms with E-state index in [1.54, 1.807) is 6.92 Å². The molecule has 0 aliphatic heterocycles. The van der Waals surface area contributed by atoms with Crippen molar-refractivity contribution in [1.82, 2.24) is 5.32 Å². The molecule has 0 fully saturated rings. The number of nitrogens with one attached hydrogen (secondary N) is 1. The molecule has 0 aliphatic carbocycles. The lowest BCUT2D eigenvalue weighted by molar-refractivity contribution is -0.0436. The summed E-state index contributed by atoms with van der Waals surface area (Å²) in [5, 5.41) is 2.62. The molecule has 2 rings (SSSR count). The number of carbonyl (C=O) groups is 1. The third-order valence-electron chi connectivity index (χ3n) is 4.00. The largest absolute Gasteiger partial charge is 0.501 e. The summed E-state index contributed by atoms with van der Waals surface area (Å²) < 4.78 is 60.4. The highest BCUT2D eigenvalue weighted by molar-refractivity contribution is 7.92. The van der Waals surface area contributed by atoms with Crippen molar-refractivity contribution in [2.45, 2.75) is 30.8 Å². The van der Waals surface area contributed by atoms with E-state index in [9.17, 15) is 26.4 Å². The van der Waals surface area contributed by atoms with Gasteiger partial charge in [0.15, 0.2) is 0 Å². The molecule has 1 aromatic carbocycles. The first kappa shape index (κ1) is 22.6. The van der Waals surface area contributed by atoms with E-state index in [0.29, 0.717) is 21.7 Å². The Labute approximate surface area is 169 Å². The average molecular weight is 445 g/mol. The van der Waals surface area contributed by atoms with E-state index in [1.165, 1.54) is 29.7 Å². The van der Waals surface area contributed by atoms with E-state index in [1.807, 2.05) is 6.92 Å². The number of nitrogen functional groups attached to an aromatic ring is 1. The molecule has 0 saturated heterocycles. The Balaban J connectivity index is 2.15. The highest BCUT2D eigenvalue weighted by atomic mass is 32.2. The van der Waals surface area contributed by atoms with Gasteiger partial charge in [-0.2, -0.15) is 13.2 Å². The molecular formula is C18H18F3N3O3S2. The van der Waals surface area contributed by atoms with Gasteiger partial charge in [0.05, 0.1) is 10.6 Å². The van der Waals surface area contributed by atoms with Crippen molar-refractivity contribution in [3.05, 3.63) is 51.3 Å². The minimum Gasteiger partial charge on any atom is -0.397 e. The van der Waals surface area contributed by atoms with Crippen LogP contribution in [-0.2, 0) is 16.4 Å². The van der Waals surface area contributed by atoms with Gasteiger partial charge in [0.1, 0.15) is 4.88 Å². The van der Waals surface area contributed by atoms with Gasteiger partial charge in [-0.3, -0.25) is 9.79 Å². The third-order valence-corrected chi connectivity index (χ3v) is 6.62. The number of aryl methyl sites for hydroxylation is 1. The second-order valence-electron chi connectivity index (χ2n) is 6.05. The zero-order chi connectivity index (χ0) is 22.0. The summed E-state index contributed by atoms with van der Waals surface area (Å²) in [4.78, 5) is 16.4. The van der Waals surface area contributed by atoms with Crippen LogP contribution in [-0.4, -0.2) is 26.6 Å². The Morgan fingerprint density at radius 3 is 2.41 bits per heavy atom. The van der Waals surface area contributed by atoms with Crippen molar-refractivity contribution in [3.63, 3.8) is 0 Å². The van der Waals surface area contributed by atoms with E-state index in [-0.39, 0.29) is 6.54 Å². The van der Waals surface area contributed by atoms with Crippen LogP contribution in [0.5, 0.6) is 0 Å². The molecule has 6 nitrogen and oxygen atoms in total. The number of thiophene rings is 1. The zero-order valence-corrected chi connectivity index (χ0v) is 17.1. The van der Waals surface area contributed by atoms with Gasteiger partial charge < -0.3 is 11.1 Å². The zero-order valence-electron chi connectivity index (χ0n) is 15.5.